The lowest BCUT2D eigenvalue weighted by Gasteiger charge is -2.43. The van der Waals surface area contributed by atoms with E-state index in [-0.39, 0.29) is 18.1 Å². The number of carbonyl (C=O) groups excluding carboxylic acids is 1. The van der Waals surface area contributed by atoms with Gasteiger partial charge in [-0.05, 0) is 50.6 Å². The summed E-state index contributed by atoms with van der Waals surface area (Å²) < 4.78 is 45.0. The van der Waals surface area contributed by atoms with Gasteiger partial charge in [0.25, 0.3) is 5.91 Å². The van der Waals surface area contributed by atoms with Crippen LogP contribution in [-0.2, 0) is 10.9 Å². The first-order valence-electron chi connectivity index (χ1n) is 8.50. The van der Waals surface area contributed by atoms with Crippen LogP contribution >= 0.6 is 0 Å². The highest BCUT2D eigenvalue weighted by molar-refractivity contribution is 5.92. The van der Waals surface area contributed by atoms with Crippen molar-refractivity contribution in [2.24, 2.45) is 0 Å². The van der Waals surface area contributed by atoms with Gasteiger partial charge < -0.3 is 9.64 Å². The van der Waals surface area contributed by atoms with E-state index in [1.165, 1.54) is 6.07 Å². The van der Waals surface area contributed by atoms with Gasteiger partial charge in [0.1, 0.15) is 6.10 Å². The smallest absolute Gasteiger partial charge is 0.364 e. The fraction of sp³-hybridized carbons (Fsp3) is 0.421. The number of aryl methyl sites for hydroxylation is 1. The minimum absolute atomic E-state index is 0.138. The average Bonchev–Trinajstić information content (AvgIpc) is 2.60. The molecule has 2 heterocycles. The molecule has 1 aliphatic rings. The van der Waals surface area contributed by atoms with Gasteiger partial charge in [0, 0.05) is 6.54 Å². The van der Waals surface area contributed by atoms with Gasteiger partial charge in [-0.2, -0.15) is 18.3 Å². The molecule has 1 aromatic carbocycles. The Morgan fingerprint density at radius 2 is 1.96 bits per heavy atom. The molecular weight excluding hydrogens is 359 g/mol. The van der Waals surface area contributed by atoms with E-state index in [0.29, 0.717) is 17.8 Å². The maximum Gasteiger partial charge on any atom is 0.416 e. The summed E-state index contributed by atoms with van der Waals surface area (Å²) >= 11 is 0. The van der Waals surface area contributed by atoms with Crippen LogP contribution in [-0.4, -0.2) is 39.7 Å². The van der Waals surface area contributed by atoms with Crippen LogP contribution in [0.1, 0.15) is 47.3 Å². The molecule has 2 aromatic rings. The Morgan fingerprint density at radius 3 is 2.59 bits per heavy atom. The largest absolute Gasteiger partial charge is 0.416 e. The fourth-order valence-corrected chi connectivity index (χ4v) is 3.10. The average molecular weight is 379 g/mol. The van der Waals surface area contributed by atoms with Crippen LogP contribution in [0.3, 0.4) is 0 Å². The zero-order chi connectivity index (χ0) is 19.8. The molecule has 8 heteroatoms. The van der Waals surface area contributed by atoms with Gasteiger partial charge in [-0.25, -0.2) is 0 Å². The third kappa shape index (κ3) is 4.44. The lowest BCUT2D eigenvalue weighted by atomic mass is 9.99. The Bertz CT molecular complexity index is 835. The second kappa shape index (κ2) is 6.92. The van der Waals surface area contributed by atoms with E-state index >= 15 is 0 Å². The standard InChI is InChI=1S/C19H20F3N3O2/c1-12-7-8-15(24-23-12)17(26)25-10-16(27-18(2,3)11-25)13-5-4-6-14(9-13)19(20,21)22/h4-9,16H,10-11H2,1-3H3. The van der Waals surface area contributed by atoms with Crippen molar-refractivity contribution in [2.75, 3.05) is 13.1 Å². The molecule has 5 nitrogen and oxygen atoms in total. The fourth-order valence-electron chi connectivity index (χ4n) is 3.10. The minimum atomic E-state index is -4.44. The number of ether oxygens (including phenoxy) is 1. The number of nitrogens with zero attached hydrogens (tertiary/aromatic N) is 3. The predicted molar refractivity (Wildman–Crippen MR) is 92.0 cm³/mol. The molecule has 3 rings (SSSR count). The Morgan fingerprint density at radius 1 is 1.22 bits per heavy atom. The maximum absolute atomic E-state index is 13.0. The molecule has 1 saturated heterocycles. The third-order valence-electron chi connectivity index (χ3n) is 4.31. The molecule has 1 unspecified atom stereocenters. The molecule has 1 atom stereocenters. The van der Waals surface area contributed by atoms with Crippen LogP contribution in [0.5, 0.6) is 0 Å². The molecule has 0 spiro atoms. The number of hydrogen-bond donors (Lipinski definition) is 0. The van der Waals surface area contributed by atoms with Crippen LogP contribution in [0, 0.1) is 6.92 Å². The Hall–Kier alpha value is -2.48. The van der Waals surface area contributed by atoms with E-state index in [1.807, 2.05) is 0 Å². The normalized spacial score (nSPS) is 19.8. The van der Waals surface area contributed by atoms with Crippen molar-refractivity contribution in [3.63, 3.8) is 0 Å². The van der Waals surface area contributed by atoms with Crippen molar-refractivity contribution in [1.29, 1.82) is 0 Å². The Balaban J connectivity index is 1.87. The van der Waals surface area contributed by atoms with Gasteiger partial charge in [-0.1, -0.05) is 12.1 Å². The van der Waals surface area contributed by atoms with Crippen molar-refractivity contribution < 1.29 is 22.7 Å². The molecule has 0 saturated carbocycles. The molecular formula is C19H20F3N3O2. The number of alkyl halides is 3. The monoisotopic (exact) mass is 379 g/mol. The third-order valence-corrected chi connectivity index (χ3v) is 4.31. The predicted octanol–water partition coefficient (Wildman–Crippen LogP) is 3.80. The van der Waals surface area contributed by atoms with Crippen molar-refractivity contribution in [2.45, 2.75) is 38.7 Å². The number of aromatic nitrogens is 2. The second-order valence-electron chi connectivity index (χ2n) is 7.24. The molecule has 0 aliphatic carbocycles. The van der Waals surface area contributed by atoms with Gasteiger partial charge in [0.05, 0.1) is 23.4 Å². The number of amides is 1. The molecule has 1 aliphatic heterocycles. The van der Waals surface area contributed by atoms with Crippen molar-refractivity contribution in [3.8, 4) is 0 Å². The van der Waals surface area contributed by atoms with Crippen LogP contribution < -0.4 is 0 Å². The summed E-state index contributed by atoms with van der Waals surface area (Å²) in [4.78, 5) is 14.3. The summed E-state index contributed by atoms with van der Waals surface area (Å²) in [5.41, 5.74) is -0.193. The number of morpholine rings is 1. The van der Waals surface area contributed by atoms with Crippen LogP contribution in [0.15, 0.2) is 36.4 Å². The molecule has 0 N–H and O–H groups in total. The first kappa shape index (κ1) is 19.3. The molecule has 27 heavy (non-hydrogen) atoms. The molecule has 1 amide bonds. The number of benzene rings is 1. The van der Waals surface area contributed by atoms with E-state index in [1.54, 1.807) is 43.9 Å². The number of hydrogen-bond acceptors (Lipinski definition) is 4. The van der Waals surface area contributed by atoms with Crippen molar-refractivity contribution in [3.05, 3.63) is 58.9 Å². The zero-order valence-corrected chi connectivity index (χ0v) is 15.2. The van der Waals surface area contributed by atoms with Crippen molar-refractivity contribution >= 4 is 5.91 Å². The summed E-state index contributed by atoms with van der Waals surface area (Å²) in [5.74, 6) is -0.323. The van der Waals surface area contributed by atoms with Gasteiger partial charge in [0.2, 0.25) is 0 Å². The van der Waals surface area contributed by atoms with Crippen LogP contribution in [0.2, 0.25) is 0 Å². The van der Waals surface area contributed by atoms with E-state index in [4.69, 9.17) is 4.74 Å². The highest BCUT2D eigenvalue weighted by atomic mass is 19.4. The minimum Gasteiger partial charge on any atom is -0.364 e. The molecule has 1 fully saturated rings. The quantitative estimate of drug-likeness (QED) is 0.797. The topological polar surface area (TPSA) is 55.3 Å². The van der Waals surface area contributed by atoms with Gasteiger partial charge in [-0.15, -0.1) is 5.10 Å². The van der Waals surface area contributed by atoms with Gasteiger partial charge >= 0.3 is 6.18 Å². The first-order chi connectivity index (χ1) is 12.5. The molecule has 1 aromatic heterocycles. The summed E-state index contributed by atoms with van der Waals surface area (Å²) in [6, 6.07) is 8.29. The van der Waals surface area contributed by atoms with E-state index in [9.17, 15) is 18.0 Å². The van der Waals surface area contributed by atoms with Crippen LogP contribution in [0.25, 0.3) is 0 Å². The summed E-state index contributed by atoms with van der Waals surface area (Å²) in [6.45, 7) is 5.81. The molecule has 144 valence electrons. The second-order valence-corrected chi connectivity index (χ2v) is 7.24. The molecule has 0 bridgehead atoms. The van der Waals surface area contributed by atoms with E-state index in [0.717, 1.165) is 12.1 Å². The lowest BCUT2D eigenvalue weighted by molar-refractivity contribution is -0.138. The summed E-state index contributed by atoms with van der Waals surface area (Å²) in [5, 5.41) is 7.81. The van der Waals surface area contributed by atoms with E-state index in [2.05, 4.69) is 10.2 Å². The Labute approximate surface area is 155 Å². The number of rotatable bonds is 2. The first-order valence-corrected chi connectivity index (χ1v) is 8.50. The van der Waals surface area contributed by atoms with E-state index < -0.39 is 23.4 Å². The number of halogens is 3. The van der Waals surface area contributed by atoms with Crippen molar-refractivity contribution in [1.82, 2.24) is 15.1 Å². The van der Waals surface area contributed by atoms with Gasteiger partial charge in [-0.3, -0.25) is 4.79 Å². The number of carbonyl (C=O) groups is 1. The zero-order valence-electron chi connectivity index (χ0n) is 15.2. The Kier molecular flexibility index (Phi) is 4.94. The highest BCUT2D eigenvalue weighted by Gasteiger charge is 2.38. The maximum atomic E-state index is 13.0. The summed E-state index contributed by atoms with van der Waals surface area (Å²) in [7, 11) is 0. The van der Waals surface area contributed by atoms with Crippen LogP contribution in [0.4, 0.5) is 13.2 Å². The van der Waals surface area contributed by atoms with Gasteiger partial charge in [0.15, 0.2) is 5.69 Å². The highest BCUT2D eigenvalue weighted by Crippen LogP contribution is 2.35. The SMILES string of the molecule is Cc1ccc(C(=O)N2CC(c3cccc(C(F)(F)F)c3)OC(C)(C)C2)nn1. The molecule has 0 radical (unpaired) electrons. The summed E-state index contributed by atoms with van der Waals surface area (Å²) in [6.07, 6.45) is -5.11. The lowest BCUT2D eigenvalue weighted by Crippen LogP contribution is -2.51.